The van der Waals surface area contributed by atoms with Gasteiger partial charge in [0, 0.05) is 5.92 Å². The van der Waals surface area contributed by atoms with Gasteiger partial charge >= 0.3 is 5.97 Å². The quantitative estimate of drug-likeness (QED) is 0.557. The molecule has 1 saturated heterocycles. The predicted octanol–water partition coefficient (Wildman–Crippen LogP) is 2.67. The Balaban J connectivity index is 2.15. The van der Waals surface area contributed by atoms with Gasteiger partial charge in [-0.3, -0.25) is 9.59 Å². The van der Waals surface area contributed by atoms with Crippen LogP contribution in [-0.4, -0.2) is 17.9 Å². The molecule has 0 bridgehead atoms. The van der Waals surface area contributed by atoms with Gasteiger partial charge in [-0.1, -0.05) is 26.0 Å². The molecule has 0 unspecified atom stereocenters. The number of carbonyl (C=O) groups excluding carboxylic acids is 2. The number of fused-ring (bicyclic) bond motifs is 1. The van der Waals surface area contributed by atoms with E-state index in [-0.39, 0.29) is 23.8 Å². The highest BCUT2D eigenvalue weighted by Crippen LogP contribution is 2.39. The minimum atomic E-state index is -0.0617. The number of ether oxygens (including phenoxy) is 1. The van der Waals surface area contributed by atoms with Gasteiger partial charge in [-0.15, -0.1) is 0 Å². The summed E-state index contributed by atoms with van der Waals surface area (Å²) in [4.78, 5) is 22.5. The van der Waals surface area contributed by atoms with E-state index < -0.39 is 0 Å². The lowest BCUT2D eigenvalue weighted by molar-refractivity contribution is -0.144. The molecule has 0 N–H and O–H groups in total. The first-order valence-corrected chi connectivity index (χ1v) is 6.58. The highest BCUT2D eigenvalue weighted by atomic mass is 16.6. The summed E-state index contributed by atoms with van der Waals surface area (Å²) in [5, 5.41) is 0. The Hall–Kier alpha value is -1.38. The van der Waals surface area contributed by atoms with Crippen LogP contribution in [0.4, 0.5) is 0 Å². The predicted molar refractivity (Wildman–Crippen MR) is 68.8 cm³/mol. The molecule has 0 aromatic heterocycles. The van der Waals surface area contributed by atoms with Crippen LogP contribution < -0.4 is 0 Å². The summed E-state index contributed by atoms with van der Waals surface area (Å²) < 4.78 is 5.44. The van der Waals surface area contributed by atoms with Crippen molar-refractivity contribution in [2.45, 2.75) is 39.7 Å². The van der Waals surface area contributed by atoms with E-state index in [0.29, 0.717) is 11.8 Å². The molecule has 4 atom stereocenters. The van der Waals surface area contributed by atoms with Crippen molar-refractivity contribution >= 4 is 11.8 Å². The van der Waals surface area contributed by atoms with Crippen molar-refractivity contribution in [3.63, 3.8) is 0 Å². The van der Waals surface area contributed by atoms with Crippen LogP contribution in [0.5, 0.6) is 0 Å². The van der Waals surface area contributed by atoms with Crippen molar-refractivity contribution in [2.24, 2.45) is 17.8 Å². The number of rotatable bonds is 2. The van der Waals surface area contributed by atoms with Gasteiger partial charge in [0.05, 0.1) is 5.92 Å². The van der Waals surface area contributed by atoms with Gasteiger partial charge in [-0.25, -0.2) is 0 Å². The number of carbonyl (C=O) groups is 2. The van der Waals surface area contributed by atoms with Gasteiger partial charge in [0.25, 0.3) is 0 Å². The summed E-state index contributed by atoms with van der Waals surface area (Å²) in [5.74, 6) is 0.618. The smallest absolute Gasteiger partial charge is 0.309 e. The minimum absolute atomic E-state index is 0.00501. The Morgan fingerprint density at radius 1 is 1.44 bits per heavy atom. The zero-order valence-electron chi connectivity index (χ0n) is 11.2. The van der Waals surface area contributed by atoms with Crippen LogP contribution >= 0.6 is 0 Å². The van der Waals surface area contributed by atoms with Gasteiger partial charge in [-0.2, -0.15) is 0 Å². The average molecular weight is 248 g/mol. The molecule has 3 nitrogen and oxygen atoms in total. The lowest BCUT2D eigenvalue weighted by Crippen LogP contribution is -2.19. The topological polar surface area (TPSA) is 43.4 Å². The van der Waals surface area contributed by atoms with E-state index in [2.05, 4.69) is 13.0 Å². The molecule has 0 aromatic carbocycles. The number of esters is 1. The summed E-state index contributed by atoms with van der Waals surface area (Å²) in [6, 6.07) is 0. The second-order valence-corrected chi connectivity index (χ2v) is 5.45. The van der Waals surface area contributed by atoms with Crippen molar-refractivity contribution in [1.29, 1.82) is 0 Å². The molecule has 1 aliphatic carbocycles. The Labute approximate surface area is 108 Å². The number of ketones is 1. The van der Waals surface area contributed by atoms with E-state index >= 15 is 0 Å². The summed E-state index contributed by atoms with van der Waals surface area (Å²) in [6.45, 7) is 5.62. The second-order valence-electron chi connectivity index (χ2n) is 5.45. The van der Waals surface area contributed by atoms with Crippen molar-refractivity contribution in [3.05, 3.63) is 23.8 Å². The molecule has 0 saturated carbocycles. The molecule has 0 amide bonds. The first-order chi connectivity index (χ1) is 8.49. The molecule has 2 rings (SSSR count). The Bertz CT molecular complexity index is 419. The normalized spacial score (nSPS) is 35.9. The molecule has 3 heteroatoms. The molecular weight excluding hydrogens is 228 g/mol. The van der Waals surface area contributed by atoms with Gasteiger partial charge < -0.3 is 4.74 Å². The average Bonchev–Trinajstić information content (AvgIpc) is 2.46. The van der Waals surface area contributed by atoms with Crippen molar-refractivity contribution < 1.29 is 14.3 Å². The highest BCUT2D eigenvalue weighted by molar-refractivity contribution is 5.87. The third kappa shape index (κ3) is 2.55. The maximum atomic E-state index is 11.6. The molecule has 1 aliphatic heterocycles. The minimum Gasteiger partial charge on any atom is -0.462 e. The van der Waals surface area contributed by atoms with E-state index in [1.54, 1.807) is 13.0 Å². The summed E-state index contributed by atoms with van der Waals surface area (Å²) in [5.41, 5.74) is 1.18. The molecule has 18 heavy (non-hydrogen) atoms. The van der Waals surface area contributed by atoms with Crippen LogP contribution in [0.1, 0.15) is 33.6 Å². The number of hydrogen-bond donors (Lipinski definition) is 0. The van der Waals surface area contributed by atoms with E-state index in [1.165, 1.54) is 5.57 Å². The Morgan fingerprint density at radius 2 is 2.17 bits per heavy atom. The Morgan fingerprint density at radius 3 is 2.83 bits per heavy atom. The summed E-state index contributed by atoms with van der Waals surface area (Å²) >= 11 is 0. The van der Waals surface area contributed by atoms with Crippen molar-refractivity contribution in [1.82, 2.24) is 0 Å². The fourth-order valence-corrected chi connectivity index (χ4v) is 2.82. The summed E-state index contributed by atoms with van der Waals surface area (Å²) in [6.07, 6.45) is 7.43. The third-order valence-corrected chi connectivity index (χ3v) is 4.05. The lowest BCUT2D eigenvalue weighted by atomic mass is 9.87. The maximum Gasteiger partial charge on any atom is 0.309 e. The van der Waals surface area contributed by atoms with Gasteiger partial charge in [0.2, 0.25) is 0 Å². The van der Waals surface area contributed by atoms with Gasteiger partial charge in [0.15, 0.2) is 5.78 Å². The number of allylic oxidation sites excluding steroid dienone is 4. The van der Waals surface area contributed by atoms with Crippen LogP contribution in [-0.2, 0) is 14.3 Å². The Kier molecular flexibility index (Phi) is 3.69. The molecule has 0 aromatic rings. The molecule has 1 heterocycles. The standard InChI is InChI=1S/C15H20O3/c1-9-8-14-13(11(3)15(17)18-14)7-6-12(9)5-4-10(2)16/h4-6,9,11,13-14H,7-8H2,1-3H3/b5-4+/t9-,11-,13+,14-/m0/s1. The van der Waals surface area contributed by atoms with Crippen LogP contribution in [0.15, 0.2) is 23.8 Å². The van der Waals surface area contributed by atoms with Crippen LogP contribution in [0.3, 0.4) is 0 Å². The fraction of sp³-hybridized carbons (Fsp3) is 0.600. The second kappa shape index (κ2) is 5.09. The van der Waals surface area contributed by atoms with E-state index in [9.17, 15) is 9.59 Å². The van der Waals surface area contributed by atoms with Crippen LogP contribution in [0.2, 0.25) is 0 Å². The van der Waals surface area contributed by atoms with Gasteiger partial charge in [-0.05, 0) is 37.3 Å². The molecule has 0 spiro atoms. The monoisotopic (exact) mass is 248 g/mol. The van der Waals surface area contributed by atoms with Crippen LogP contribution in [0, 0.1) is 17.8 Å². The summed E-state index contributed by atoms with van der Waals surface area (Å²) in [7, 11) is 0. The van der Waals surface area contributed by atoms with E-state index in [1.807, 2.05) is 13.0 Å². The lowest BCUT2D eigenvalue weighted by Gasteiger charge is -2.17. The molecule has 1 fully saturated rings. The SMILES string of the molecule is CC(=O)/C=C/C1=CC[C@H]2[C@H](C[C@@H]1C)OC(=O)[C@H]2C. The molecule has 2 aliphatic rings. The first kappa shape index (κ1) is 13.1. The highest BCUT2D eigenvalue weighted by Gasteiger charge is 2.42. The van der Waals surface area contributed by atoms with Crippen LogP contribution in [0.25, 0.3) is 0 Å². The molecule has 98 valence electrons. The zero-order chi connectivity index (χ0) is 13.3. The third-order valence-electron chi connectivity index (χ3n) is 4.05. The van der Waals surface area contributed by atoms with E-state index in [4.69, 9.17) is 4.74 Å². The zero-order valence-corrected chi connectivity index (χ0v) is 11.2. The maximum absolute atomic E-state index is 11.6. The van der Waals surface area contributed by atoms with E-state index in [0.717, 1.165) is 12.8 Å². The number of hydrogen-bond acceptors (Lipinski definition) is 3. The molecular formula is C15H20O3. The largest absolute Gasteiger partial charge is 0.462 e. The fourth-order valence-electron chi connectivity index (χ4n) is 2.82. The molecule has 0 radical (unpaired) electrons. The van der Waals surface area contributed by atoms with Crippen molar-refractivity contribution in [3.8, 4) is 0 Å². The first-order valence-electron chi connectivity index (χ1n) is 6.58. The van der Waals surface area contributed by atoms with Gasteiger partial charge in [0.1, 0.15) is 6.10 Å². The van der Waals surface area contributed by atoms with Crippen molar-refractivity contribution in [2.75, 3.05) is 0 Å².